The summed E-state index contributed by atoms with van der Waals surface area (Å²) in [4.78, 5) is 14.8. The zero-order valence-electron chi connectivity index (χ0n) is 18.1. The van der Waals surface area contributed by atoms with Crippen LogP contribution >= 0.6 is 0 Å². The van der Waals surface area contributed by atoms with Gasteiger partial charge in [0.2, 0.25) is 0 Å². The first-order chi connectivity index (χ1) is 13.9. The maximum Gasteiger partial charge on any atom is 0.159 e. The summed E-state index contributed by atoms with van der Waals surface area (Å²) in [7, 11) is 0. The number of aromatic nitrogens is 3. The number of Topliss-reactive ketones (excluding diaryl/α,β-unsaturated/α-hetero) is 1. The second-order valence-corrected chi connectivity index (χ2v) is 11.1. The molecular weight excluding hydrogens is 362 g/mol. The van der Waals surface area contributed by atoms with Crippen molar-refractivity contribution in [3.05, 3.63) is 12.4 Å². The van der Waals surface area contributed by atoms with Gasteiger partial charge in [0.15, 0.2) is 5.78 Å². The largest absolute Gasteiger partial charge is 0.393 e. The Morgan fingerprint density at radius 1 is 1.00 bits per heavy atom. The zero-order chi connectivity index (χ0) is 20.2. The molecule has 4 fully saturated rings. The third-order valence-electron chi connectivity index (χ3n) is 10.0. The molecule has 0 aromatic carbocycles. The fourth-order valence-electron chi connectivity index (χ4n) is 8.53. The van der Waals surface area contributed by atoms with Gasteiger partial charge in [0.25, 0.3) is 0 Å². The number of aliphatic hydroxyl groups is 1. The first-order valence-corrected chi connectivity index (χ1v) is 12.0. The molecule has 8 atom stereocenters. The molecule has 4 aliphatic rings. The van der Waals surface area contributed by atoms with Crippen LogP contribution in [-0.4, -0.2) is 32.0 Å². The molecule has 4 aliphatic carbocycles. The van der Waals surface area contributed by atoms with Gasteiger partial charge in [-0.1, -0.05) is 20.3 Å². The lowest BCUT2D eigenvalue weighted by atomic mass is 9.41. The van der Waals surface area contributed by atoms with E-state index in [1.807, 2.05) is 0 Å². The molecular formula is C24H37N3O2. The topological polar surface area (TPSA) is 68.0 Å². The van der Waals surface area contributed by atoms with Crippen molar-refractivity contribution in [2.75, 3.05) is 0 Å². The van der Waals surface area contributed by atoms with Gasteiger partial charge in [-0.25, -0.2) is 0 Å². The van der Waals surface area contributed by atoms with Crippen LogP contribution in [0.2, 0.25) is 0 Å². The quantitative estimate of drug-likeness (QED) is 0.825. The average Bonchev–Trinajstić information content (AvgIpc) is 3.20. The fraction of sp³-hybridized carbons (Fsp3) is 0.875. The van der Waals surface area contributed by atoms with E-state index in [9.17, 15) is 9.90 Å². The summed E-state index contributed by atoms with van der Waals surface area (Å²) in [6, 6.07) is 0. The smallest absolute Gasteiger partial charge is 0.159 e. The minimum absolute atomic E-state index is 0.0777. The number of hydrogen-bond donors (Lipinski definition) is 1. The van der Waals surface area contributed by atoms with Crippen LogP contribution in [0.25, 0.3) is 0 Å². The molecule has 0 radical (unpaired) electrons. The van der Waals surface area contributed by atoms with Crippen LogP contribution in [0.3, 0.4) is 0 Å². The maximum atomic E-state index is 13.3. The second kappa shape index (κ2) is 7.18. The first kappa shape index (κ1) is 19.7. The molecule has 5 nitrogen and oxygen atoms in total. The van der Waals surface area contributed by atoms with Crippen molar-refractivity contribution in [3.8, 4) is 0 Å². The van der Waals surface area contributed by atoms with Crippen molar-refractivity contribution in [1.29, 1.82) is 0 Å². The Hall–Kier alpha value is -1.23. The molecule has 160 valence electrons. The molecule has 1 heterocycles. The summed E-state index contributed by atoms with van der Waals surface area (Å²) < 4.78 is 0. The summed E-state index contributed by atoms with van der Waals surface area (Å²) in [5.74, 6) is 3.43. The average molecular weight is 400 g/mol. The summed E-state index contributed by atoms with van der Waals surface area (Å²) in [6.07, 6.45) is 15.0. The highest BCUT2D eigenvalue weighted by Crippen LogP contribution is 2.66. The molecule has 0 unspecified atom stereocenters. The first-order valence-electron chi connectivity index (χ1n) is 12.0. The van der Waals surface area contributed by atoms with Crippen LogP contribution in [0, 0.1) is 40.4 Å². The van der Waals surface area contributed by atoms with Crippen LogP contribution in [0.5, 0.6) is 0 Å². The Morgan fingerprint density at radius 3 is 2.52 bits per heavy atom. The van der Waals surface area contributed by atoms with E-state index in [0.29, 0.717) is 29.6 Å². The zero-order valence-corrected chi connectivity index (χ0v) is 18.1. The maximum absolute atomic E-state index is 13.3. The number of ketones is 1. The molecule has 29 heavy (non-hydrogen) atoms. The third-order valence-corrected chi connectivity index (χ3v) is 10.0. The molecule has 0 amide bonds. The lowest BCUT2D eigenvalue weighted by Gasteiger charge is -2.63. The summed E-state index contributed by atoms with van der Waals surface area (Å²) in [5, 5.41) is 18.6. The molecule has 1 N–H and O–H groups in total. The van der Waals surface area contributed by atoms with Crippen LogP contribution in [0.1, 0.15) is 78.1 Å². The SMILES string of the molecule is C[C@]12CC[C@@H](O)C[C@@H]1CC[C@@H]1[C@@H]2CC[C@]2(C)[C@@H](C(=O)Cn3nccn3)CCC[C@@H]12. The molecule has 0 bridgehead atoms. The van der Waals surface area contributed by atoms with Crippen LogP contribution in [0.15, 0.2) is 12.4 Å². The van der Waals surface area contributed by atoms with Crippen LogP contribution < -0.4 is 0 Å². The highest BCUT2D eigenvalue weighted by atomic mass is 16.3. The van der Waals surface area contributed by atoms with E-state index in [1.165, 1.54) is 44.9 Å². The van der Waals surface area contributed by atoms with Gasteiger partial charge in [-0.3, -0.25) is 4.79 Å². The van der Waals surface area contributed by atoms with Gasteiger partial charge in [-0.05, 0) is 92.3 Å². The number of fused-ring (bicyclic) bond motifs is 5. The minimum Gasteiger partial charge on any atom is -0.393 e. The predicted octanol–water partition coefficient (Wildman–Crippen LogP) is 4.26. The van der Waals surface area contributed by atoms with E-state index in [2.05, 4.69) is 24.0 Å². The Labute approximate surface area is 174 Å². The normalized spacial score (nSPS) is 47.0. The Balaban J connectivity index is 1.38. The highest BCUT2D eigenvalue weighted by Gasteiger charge is 2.59. The van der Waals surface area contributed by atoms with Crippen molar-refractivity contribution in [2.45, 2.75) is 90.7 Å². The minimum atomic E-state index is -0.0777. The number of carbonyl (C=O) groups is 1. The van der Waals surface area contributed by atoms with Crippen molar-refractivity contribution >= 4 is 5.78 Å². The second-order valence-electron chi connectivity index (χ2n) is 11.1. The van der Waals surface area contributed by atoms with Gasteiger partial charge in [0.05, 0.1) is 18.5 Å². The molecule has 5 heteroatoms. The van der Waals surface area contributed by atoms with E-state index in [4.69, 9.17) is 0 Å². The number of hydrogen-bond acceptors (Lipinski definition) is 4. The van der Waals surface area contributed by atoms with E-state index in [1.54, 1.807) is 17.2 Å². The molecule has 4 saturated carbocycles. The predicted molar refractivity (Wildman–Crippen MR) is 111 cm³/mol. The summed E-state index contributed by atoms with van der Waals surface area (Å²) >= 11 is 0. The third kappa shape index (κ3) is 3.10. The van der Waals surface area contributed by atoms with Crippen molar-refractivity contribution in [2.24, 2.45) is 40.4 Å². The van der Waals surface area contributed by atoms with E-state index in [-0.39, 0.29) is 17.4 Å². The molecule has 0 saturated heterocycles. The van der Waals surface area contributed by atoms with E-state index < -0.39 is 0 Å². The van der Waals surface area contributed by atoms with Gasteiger partial charge < -0.3 is 5.11 Å². The van der Waals surface area contributed by atoms with Crippen molar-refractivity contribution in [1.82, 2.24) is 15.0 Å². The molecule has 0 spiro atoms. The Kier molecular flexibility index (Phi) is 4.88. The van der Waals surface area contributed by atoms with Gasteiger partial charge in [-0.2, -0.15) is 15.0 Å². The standard InChI is InChI=1S/C24H37N3O2/c1-23-10-8-17(28)14-16(23)6-7-18-19-4-3-5-21(24(19,2)11-9-20(18)23)22(29)15-27-25-12-13-26-27/h12-13,16-21,28H,3-11,14-15H2,1-2H3/t16-,17+,18-,19-,20-,21+,23-,24-/m0/s1. The number of aliphatic hydroxyl groups excluding tert-OH is 1. The Morgan fingerprint density at radius 2 is 1.72 bits per heavy atom. The lowest BCUT2D eigenvalue weighted by Crippen LogP contribution is -2.57. The van der Waals surface area contributed by atoms with Gasteiger partial charge in [0.1, 0.15) is 6.54 Å². The lowest BCUT2D eigenvalue weighted by molar-refractivity contribution is -0.160. The summed E-state index contributed by atoms with van der Waals surface area (Å²) in [6.45, 7) is 5.30. The van der Waals surface area contributed by atoms with E-state index >= 15 is 0 Å². The fourth-order valence-corrected chi connectivity index (χ4v) is 8.53. The number of nitrogens with zero attached hydrogens (tertiary/aromatic N) is 3. The number of carbonyl (C=O) groups excluding carboxylic acids is 1. The van der Waals surface area contributed by atoms with E-state index in [0.717, 1.165) is 31.1 Å². The van der Waals surface area contributed by atoms with Crippen LogP contribution in [0.4, 0.5) is 0 Å². The van der Waals surface area contributed by atoms with Gasteiger partial charge >= 0.3 is 0 Å². The molecule has 1 aromatic rings. The van der Waals surface area contributed by atoms with Crippen LogP contribution in [-0.2, 0) is 11.3 Å². The molecule has 0 aliphatic heterocycles. The summed E-state index contributed by atoms with van der Waals surface area (Å²) in [5.41, 5.74) is 0.542. The van der Waals surface area contributed by atoms with Gasteiger partial charge in [-0.15, -0.1) is 0 Å². The molecule has 1 aromatic heterocycles. The van der Waals surface area contributed by atoms with Crippen molar-refractivity contribution < 1.29 is 9.90 Å². The Bertz CT molecular complexity index is 749. The monoisotopic (exact) mass is 399 g/mol. The highest BCUT2D eigenvalue weighted by molar-refractivity contribution is 5.81. The number of rotatable bonds is 3. The van der Waals surface area contributed by atoms with Crippen molar-refractivity contribution in [3.63, 3.8) is 0 Å². The molecule has 5 rings (SSSR count). The van der Waals surface area contributed by atoms with Gasteiger partial charge in [0, 0.05) is 5.92 Å².